The maximum absolute atomic E-state index is 11.5. The van der Waals surface area contributed by atoms with Crippen molar-refractivity contribution >= 4 is 29.2 Å². The largest absolute Gasteiger partial charge is 0.480 e. The molecule has 0 radical (unpaired) electrons. The van der Waals surface area contributed by atoms with E-state index in [9.17, 15) is 9.90 Å². The summed E-state index contributed by atoms with van der Waals surface area (Å²) in [4.78, 5) is 13.5. The average molecular weight is 316 g/mol. The van der Waals surface area contributed by atoms with E-state index < -0.39 is 12.0 Å². The minimum absolute atomic E-state index is 0.0552. The van der Waals surface area contributed by atoms with Gasteiger partial charge in [-0.25, -0.2) is 0 Å². The van der Waals surface area contributed by atoms with E-state index in [1.165, 1.54) is 0 Å². The molecule has 2 atom stereocenters. The third-order valence-corrected chi connectivity index (χ3v) is 4.84. The summed E-state index contributed by atoms with van der Waals surface area (Å²) in [5, 5.41) is 10.5. The van der Waals surface area contributed by atoms with Crippen LogP contribution in [0.5, 0.6) is 0 Å². The zero-order valence-electron chi connectivity index (χ0n) is 11.5. The molecule has 0 bridgehead atoms. The molecule has 0 saturated carbocycles. The van der Waals surface area contributed by atoms with E-state index in [-0.39, 0.29) is 6.04 Å². The first-order valence-corrected chi connectivity index (χ1v) is 7.70. The first-order chi connectivity index (χ1) is 9.52. The molecule has 1 aliphatic rings. The van der Waals surface area contributed by atoms with Gasteiger partial charge in [-0.2, -0.15) is 0 Å². The Labute approximate surface area is 129 Å². The molecule has 1 heterocycles. The van der Waals surface area contributed by atoms with Crippen LogP contribution < -0.4 is 0 Å². The molecule has 0 aliphatic carbocycles. The fourth-order valence-corrected chi connectivity index (χ4v) is 3.35. The van der Waals surface area contributed by atoms with Crippen LogP contribution in [0.15, 0.2) is 18.2 Å². The van der Waals surface area contributed by atoms with Gasteiger partial charge in [0.05, 0.1) is 10.0 Å². The highest BCUT2D eigenvalue weighted by molar-refractivity contribution is 6.42. The lowest BCUT2D eigenvalue weighted by Crippen LogP contribution is -2.42. The lowest BCUT2D eigenvalue weighted by atomic mass is 10.0. The van der Waals surface area contributed by atoms with Crippen LogP contribution >= 0.6 is 23.2 Å². The lowest BCUT2D eigenvalue weighted by Gasteiger charge is -2.33. The summed E-state index contributed by atoms with van der Waals surface area (Å²) < 4.78 is 0. The van der Waals surface area contributed by atoms with Crippen molar-refractivity contribution < 1.29 is 9.90 Å². The van der Waals surface area contributed by atoms with Crippen LogP contribution in [0.1, 0.15) is 44.2 Å². The molecule has 2 unspecified atom stereocenters. The number of carbonyl (C=O) groups is 1. The Morgan fingerprint density at radius 1 is 1.35 bits per heavy atom. The van der Waals surface area contributed by atoms with Crippen LogP contribution in [0.2, 0.25) is 10.0 Å². The second kappa shape index (κ2) is 6.79. The number of nitrogens with zero attached hydrogens (tertiary/aromatic N) is 1. The fourth-order valence-electron chi connectivity index (χ4n) is 2.88. The van der Waals surface area contributed by atoms with E-state index in [2.05, 4.69) is 0 Å². The predicted octanol–water partition coefficient (Wildman–Crippen LogP) is 4.38. The van der Waals surface area contributed by atoms with Gasteiger partial charge in [0.25, 0.3) is 0 Å². The van der Waals surface area contributed by atoms with Crippen molar-refractivity contribution in [2.24, 2.45) is 0 Å². The standard InChI is InChI=1S/C15H19Cl2NO2/c1-10(11-6-5-7-12(16)14(11)17)18-9-4-2-3-8-13(18)15(19)20/h5-7,10,13H,2-4,8-9H2,1H3,(H,19,20). The molecular weight excluding hydrogens is 297 g/mol. The predicted molar refractivity (Wildman–Crippen MR) is 81.5 cm³/mol. The number of aliphatic carboxylic acids is 1. The van der Waals surface area contributed by atoms with Gasteiger partial charge in [0.2, 0.25) is 0 Å². The molecule has 5 heteroatoms. The van der Waals surface area contributed by atoms with Gasteiger partial charge in [-0.3, -0.25) is 9.69 Å². The molecule has 0 spiro atoms. The average Bonchev–Trinajstić information content (AvgIpc) is 2.66. The van der Waals surface area contributed by atoms with Gasteiger partial charge in [-0.05, 0) is 37.9 Å². The van der Waals surface area contributed by atoms with Gasteiger partial charge in [0, 0.05) is 6.04 Å². The third-order valence-electron chi connectivity index (χ3n) is 4.01. The third kappa shape index (κ3) is 3.27. The van der Waals surface area contributed by atoms with E-state index >= 15 is 0 Å². The van der Waals surface area contributed by atoms with Crippen LogP contribution in [-0.2, 0) is 4.79 Å². The van der Waals surface area contributed by atoms with Gasteiger partial charge in [0.1, 0.15) is 6.04 Å². The summed E-state index contributed by atoms with van der Waals surface area (Å²) in [6, 6.07) is 5.02. The molecule has 0 aromatic heterocycles. The van der Waals surface area contributed by atoms with E-state index in [0.717, 1.165) is 31.4 Å². The van der Waals surface area contributed by atoms with Crippen LogP contribution in [0.3, 0.4) is 0 Å². The number of benzene rings is 1. The van der Waals surface area contributed by atoms with Gasteiger partial charge in [0.15, 0.2) is 0 Å². The first kappa shape index (κ1) is 15.6. The van der Waals surface area contributed by atoms with Crippen molar-refractivity contribution in [3.8, 4) is 0 Å². The molecule has 3 nitrogen and oxygen atoms in total. The van der Waals surface area contributed by atoms with E-state index in [1.54, 1.807) is 6.07 Å². The smallest absolute Gasteiger partial charge is 0.320 e. The SMILES string of the molecule is CC(c1cccc(Cl)c1Cl)N1CCCCCC1C(=O)O. The fraction of sp³-hybridized carbons (Fsp3) is 0.533. The van der Waals surface area contributed by atoms with Gasteiger partial charge < -0.3 is 5.11 Å². The highest BCUT2D eigenvalue weighted by Crippen LogP contribution is 2.35. The second-order valence-electron chi connectivity index (χ2n) is 5.26. The molecule has 20 heavy (non-hydrogen) atoms. The summed E-state index contributed by atoms with van der Waals surface area (Å²) in [5.41, 5.74) is 0.896. The lowest BCUT2D eigenvalue weighted by molar-refractivity contribution is -0.144. The number of rotatable bonds is 3. The van der Waals surface area contributed by atoms with E-state index in [1.807, 2.05) is 24.0 Å². The topological polar surface area (TPSA) is 40.5 Å². The van der Waals surface area contributed by atoms with Crippen LogP contribution in [-0.4, -0.2) is 28.6 Å². The number of hydrogen-bond donors (Lipinski definition) is 1. The summed E-state index contributed by atoms with van der Waals surface area (Å²) in [7, 11) is 0. The minimum Gasteiger partial charge on any atom is -0.480 e. The molecule has 0 amide bonds. The van der Waals surface area contributed by atoms with Gasteiger partial charge in [-0.1, -0.05) is 48.2 Å². The zero-order chi connectivity index (χ0) is 14.7. The van der Waals surface area contributed by atoms with Crippen molar-refractivity contribution in [1.82, 2.24) is 4.90 Å². The maximum Gasteiger partial charge on any atom is 0.320 e. The summed E-state index contributed by atoms with van der Waals surface area (Å²) in [6.07, 6.45) is 3.75. The Balaban J connectivity index is 2.31. The molecule has 1 aromatic carbocycles. The minimum atomic E-state index is -0.753. The quantitative estimate of drug-likeness (QED) is 0.899. The van der Waals surface area contributed by atoms with Crippen LogP contribution in [0.25, 0.3) is 0 Å². The normalized spacial score (nSPS) is 22.2. The Morgan fingerprint density at radius 3 is 2.80 bits per heavy atom. The maximum atomic E-state index is 11.5. The Morgan fingerprint density at radius 2 is 2.10 bits per heavy atom. The zero-order valence-corrected chi connectivity index (χ0v) is 13.0. The van der Waals surface area contributed by atoms with Crippen molar-refractivity contribution in [1.29, 1.82) is 0 Å². The second-order valence-corrected chi connectivity index (χ2v) is 6.05. The van der Waals surface area contributed by atoms with E-state index in [4.69, 9.17) is 23.2 Å². The van der Waals surface area contributed by atoms with E-state index in [0.29, 0.717) is 16.5 Å². The Bertz CT molecular complexity index is 493. The molecule has 1 aliphatic heterocycles. The molecule has 1 fully saturated rings. The molecule has 1 aromatic rings. The molecular formula is C15H19Cl2NO2. The van der Waals surface area contributed by atoms with Crippen molar-refractivity contribution in [3.05, 3.63) is 33.8 Å². The van der Waals surface area contributed by atoms with Crippen molar-refractivity contribution in [2.45, 2.75) is 44.7 Å². The Hall–Kier alpha value is -0.770. The number of hydrogen-bond acceptors (Lipinski definition) is 2. The van der Waals surface area contributed by atoms with Gasteiger partial charge >= 0.3 is 5.97 Å². The number of halogens is 2. The molecule has 110 valence electrons. The number of carboxylic acid groups (broad SMARTS) is 1. The van der Waals surface area contributed by atoms with Crippen LogP contribution in [0.4, 0.5) is 0 Å². The highest BCUT2D eigenvalue weighted by Gasteiger charge is 2.31. The summed E-state index contributed by atoms with van der Waals surface area (Å²) >= 11 is 12.3. The first-order valence-electron chi connectivity index (χ1n) is 6.95. The molecule has 1 N–H and O–H groups in total. The Kier molecular flexibility index (Phi) is 5.30. The number of carboxylic acids is 1. The van der Waals surface area contributed by atoms with Gasteiger partial charge in [-0.15, -0.1) is 0 Å². The van der Waals surface area contributed by atoms with Crippen molar-refractivity contribution in [3.63, 3.8) is 0 Å². The summed E-state index contributed by atoms with van der Waals surface area (Å²) in [6.45, 7) is 2.78. The summed E-state index contributed by atoms with van der Waals surface area (Å²) in [5.74, 6) is -0.753. The van der Waals surface area contributed by atoms with Crippen LogP contribution in [0, 0.1) is 0 Å². The molecule has 2 rings (SSSR count). The van der Waals surface area contributed by atoms with Crippen molar-refractivity contribution in [2.75, 3.05) is 6.54 Å². The molecule has 1 saturated heterocycles. The monoisotopic (exact) mass is 315 g/mol. The highest BCUT2D eigenvalue weighted by atomic mass is 35.5. The number of likely N-dealkylation sites (tertiary alicyclic amines) is 1.